The molecule has 0 amide bonds. The van der Waals surface area contributed by atoms with Gasteiger partial charge in [-0.05, 0) is 31.5 Å². The maximum atomic E-state index is 12.1. The Morgan fingerprint density at radius 3 is 2.94 bits per heavy atom. The van der Waals surface area contributed by atoms with Crippen LogP contribution in [0, 0.1) is 0 Å². The van der Waals surface area contributed by atoms with Gasteiger partial charge in [0.05, 0.1) is 6.54 Å². The smallest absolute Gasteiger partial charge is 0.231 e. The second-order valence-electron chi connectivity index (χ2n) is 4.22. The highest BCUT2D eigenvalue weighted by Crippen LogP contribution is 2.32. The Kier molecular flexibility index (Phi) is 4.49. The third-order valence-corrected chi connectivity index (χ3v) is 3.38. The van der Waals surface area contributed by atoms with Crippen molar-refractivity contribution in [2.75, 3.05) is 38.9 Å². The molecule has 1 aliphatic rings. The maximum Gasteiger partial charge on any atom is 0.231 e. The fourth-order valence-electron chi connectivity index (χ4n) is 1.73. The van der Waals surface area contributed by atoms with Gasteiger partial charge in [-0.25, -0.2) is 0 Å². The van der Waals surface area contributed by atoms with Crippen molar-refractivity contribution in [3.05, 3.63) is 23.8 Å². The van der Waals surface area contributed by atoms with Crippen LogP contribution in [-0.4, -0.2) is 49.6 Å². The number of ketones is 1. The zero-order valence-corrected chi connectivity index (χ0v) is 11.5. The first kappa shape index (κ1) is 13.2. The molecule has 98 valence electrons. The van der Waals surface area contributed by atoms with Crippen LogP contribution in [0.4, 0.5) is 0 Å². The van der Waals surface area contributed by atoms with Gasteiger partial charge in [0.2, 0.25) is 6.79 Å². The van der Waals surface area contributed by atoms with Crippen molar-refractivity contribution in [2.45, 2.75) is 0 Å². The van der Waals surface area contributed by atoms with Crippen LogP contribution < -0.4 is 9.47 Å². The first-order valence-electron chi connectivity index (χ1n) is 5.81. The highest BCUT2D eigenvalue weighted by Gasteiger charge is 2.16. The average molecular weight is 267 g/mol. The molecule has 0 radical (unpaired) electrons. The van der Waals surface area contributed by atoms with E-state index >= 15 is 0 Å². The lowest BCUT2D eigenvalue weighted by Gasteiger charge is -2.14. The summed E-state index contributed by atoms with van der Waals surface area (Å²) in [5, 5.41) is 0. The number of rotatable bonds is 6. The van der Waals surface area contributed by atoms with Gasteiger partial charge >= 0.3 is 0 Å². The van der Waals surface area contributed by atoms with E-state index in [1.54, 1.807) is 30.0 Å². The van der Waals surface area contributed by atoms with E-state index in [4.69, 9.17) is 9.47 Å². The first-order chi connectivity index (χ1) is 8.70. The van der Waals surface area contributed by atoms with Crippen molar-refractivity contribution in [3.63, 3.8) is 0 Å². The Balaban J connectivity index is 1.96. The van der Waals surface area contributed by atoms with Gasteiger partial charge < -0.3 is 9.47 Å². The van der Waals surface area contributed by atoms with E-state index in [-0.39, 0.29) is 12.6 Å². The minimum absolute atomic E-state index is 0.108. The quantitative estimate of drug-likeness (QED) is 0.736. The van der Waals surface area contributed by atoms with Crippen LogP contribution in [0.1, 0.15) is 10.4 Å². The third-order valence-electron chi connectivity index (χ3n) is 2.79. The van der Waals surface area contributed by atoms with Gasteiger partial charge in [0, 0.05) is 17.9 Å². The van der Waals surface area contributed by atoms with E-state index < -0.39 is 0 Å². The van der Waals surface area contributed by atoms with Gasteiger partial charge in [0.15, 0.2) is 17.3 Å². The van der Waals surface area contributed by atoms with Crippen molar-refractivity contribution in [2.24, 2.45) is 0 Å². The largest absolute Gasteiger partial charge is 0.454 e. The SMILES string of the molecule is CSCCN(C)CC(=O)c1ccc2c(c1)OCO2. The predicted molar refractivity (Wildman–Crippen MR) is 72.8 cm³/mol. The molecule has 0 unspecified atom stereocenters. The summed E-state index contributed by atoms with van der Waals surface area (Å²) in [5.74, 6) is 2.51. The minimum Gasteiger partial charge on any atom is -0.454 e. The predicted octanol–water partition coefficient (Wildman–Crippen LogP) is 1.89. The van der Waals surface area contributed by atoms with E-state index in [0.29, 0.717) is 23.6 Å². The summed E-state index contributed by atoms with van der Waals surface area (Å²) in [6, 6.07) is 5.34. The lowest BCUT2D eigenvalue weighted by Crippen LogP contribution is -2.28. The van der Waals surface area contributed by atoms with Crippen molar-refractivity contribution in [3.8, 4) is 11.5 Å². The standard InChI is InChI=1S/C13H17NO3S/c1-14(5-6-18-2)8-11(15)10-3-4-12-13(7-10)17-9-16-12/h3-4,7H,5-6,8-9H2,1-2H3. The maximum absolute atomic E-state index is 12.1. The Bertz CT molecular complexity index is 436. The number of Topliss-reactive ketones (excluding diaryl/α,β-unsaturated/α-hetero) is 1. The number of nitrogens with zero attached hydrogens (tertiary/aromatic N) is 1. The van der Waals surface area contributed by atoms with Crippen molar-refractivity contribution < 1.29 is 14.3 Å². The molecule has 0 bridgehead atoms. The summed E-state index contributed by atoms with van der Waals surface area (Å²) < 4.78 is 10.5. The summed E-state index contributed by atoms with van der Waals surface area (Å²) in [4.78, 5) is 14.1. The monoisotopic (exact) mass is 267 g/mol. The highest BCUT2D eigenvalue weighted by molar-refractivity contribution is 7.98. The topological polar surface area (TPSA) is 38.8 Å². The number of fused-ring (bicyclic) bond motifs is 1. The molecular formula is C13H17NO3S. The molecule has 0 atom stereocenters. The number of ether oxygens (including phenoxy) is 2. The molecule has 0 aliphatic carbocycles. The number of hydrogen-bond donors (Lipinski definition) is 0. The molecule has 1 aromatic rings. The zero-order valence-electron chi connectivity index (χ0n) is 10.6. The molecule has 2 rings (SSSR count). The van der Waals surface area contributed by atoms with Crippen LogP contribution in [0.15, 0.2) is 18.2 Å². The fraction of sp³-hybridized carbons (Fsp3) is 0.462. The van der Waals surface area contributed by atoms with E-state index in [9.17, 15) is 4.79 Å². The Hall–Kier alpha value is -1.20. The molecule has 0 aromatic heterocycles. The normalized spacial score (nSPS) is 13.1. The molecule has 4 nitrogen and oxygen atoms in total. The Morgan fingerprint density at radius 2 is 2.17 bits per heavy atom. The number of carbonyl (C=O) groups excluding carboxylic acids is 1. The van der Waals surface area contributed by atoms with Gasteiger partial charge in [0.25, 0.3) is 0 Å². The zero-order chi connectivity index (χ0) is 13.0. The van der Waals surface area contributed by atoms with Crippen molar-refractivity contribution in [1.29, 1.82) is 0 Å². The minimum atomic E-state index is 0.108. The molecule has 0 spiro atoms. The number of thioether (sulfide) groups is 1. The summed E-state index contributed by atoms with van der Waals surface area (Å²) in [6.45, 7) is 1.58. The van der Waals surface area contributed by atoms with Gasteiger partial charge in [0.1, 0.15) is 0 Å². The van der Waals surface area contributed by atoms with E-state index in [0.717, 1.165) is 12.3 Å². The van der Waals surface area contributed by atoms with Crippen molar-refractivity contribution >= 4 is 17.5 Å². The van der Waals surface area contributed by atoms with E-state index in [1.165, 1.54) is 0 Å². The molecule has 18 heavy (non-hydrogen) atoms. The van der Waals surface area contributed by atoms with Crippen LogP contribution >= 0.6 is 11.8 Å². The van der Waals surface area contributed by atoms with Crippen LogP contribution in [0.25, 0.3) is 0 Å². The summed E-state index contributed by atoms with van der Waals surface area (Å²) in [6.07, 6.45) is 2.06. The van der Waals surface area contributed by atoms with Gasteiger partial charge in [-0.15, -0.1) is 0 Å². The van der Waals surface area contributed by atoms with Gasteiger partial charge in [-0.2, -0.15) is 11.8 Å². The van der Waals surface area contributed by atoms with Gasteiger partial charge in [-0.3, -0.25) is 9.69 Å². The first-order valence-corrected chi connectivity index (χ1v) is 7.20. The molecule has 0 saturated heterocycles. The van der Waals surface area contributed by atoms with Crippen LogP contribution in [0.2, 0.25) is 0 Å². The highest BCUT2D eigenvalue weighted by atomic mass is 32.2. The van der Waals surface area contributed by atoms with Gasteiger partial charge in [-0.1, -0.05) is 0 Å². The fourth-order valence-corrected chi connectivity index (χ4v) is 2.23. The van der Waals surface area contributed by atoms with E-state index in [2.05, 4.69) is 6.26 Å². The van der Waals surface area contributed by atoms with Crippen LogP contribution in [0.5, 0.6) is 11.5 Å². The summed E-state index contributed by atoms with van der Waals surface area (Å²) in [5.41, 5.74) is 0.676. The van der Waals surface area contributed by atoms with Crippen molar-refractivity contribution in [1.82, 2.24) is 4.90 Å². The second-order valence-corrected chi connectivity index (χ2v) is 5.21. The molecule has 5 heteroatoms. The summed E-state index contributed by atoms with van der Waals surface area (Å²) >= 11 is 1.78. The Labute approximate surface area is 111 Å². The molecule has 1 aromatic carbocycles. The number of hydrogen-bond acceptors (Lipinski definition) is 5. The second kappa shape index (κ2) is 6.11. The number of benzene rings is 1. The number of carbonyl (C=O) groups is 1. The lowest BCUT2D eigenvalue weighted by atomic mass is 10.1. The van der Waals surface area contributed by atoms with Crippen LogP contribution in [-0.2, 0) is 0 Å². The molecule has 0 fully saturated rings. The molecule has 0 N–H and O–H groups in total. The molecule has 1 aliphatic heterocycles. The van der Waals surface area contributed by atoms with E-state index in [1.807, 2.05) is 11.9 Å². The molecule has 1 heterocycles. The molecular weight excluding hydrogens is 250 g/mol. The summed E-state index contributed by atoms with van der Waals surface area (Å²) in [7, 11) is 1.96. The number of likely N-dealkylation sites (N-methyl/N-ethyl adjacent to an activating group) is 1. The average Bonchev–Trinajstić information content (AvgIpc) is 2.83. The van der Waals surface area contributed by atoms with Crippen LogP contribution in [0.3, 0.4) is 0 Å². The molecule has 0 saturated carbocycles. The lowest BCUT2D eigenvalue weighted by molar-refractivity contribution is 0.0949. The Morgan fingerprint density at radius 1 is 1.39 bits per heavy atom. The third kappa shape index (κ3) is 3.17.